The van der Waals surface area contributed by atoms with Crippen LogP contribution in [0.25, 0.3) is 0 Å². The highest BCUT2D eigenvalue weighted by Gasteiger charge is 2.56. The number of amides is 1. The maximum atomic E-state index is 13.4. The van der Waals surface area contributed by atoms with Crippen molar-refractivity contribution in [1.82, 2.24) is 0 Å². The summed E-state index contributed by atoms with van der Waals surface area (Å²) in [5.41, 5.74) is 4.91. The van der Waals surface area contributed by atoms with Crippen molar-refractivity contribution in [3.63, 3.8) is 0 Å². The highest BCUT2D eigenvalue weighted by Crippen LogP contribution is 2.48. The van der Waals surface area contributed by atoms with E-state index in [9.17, 15) is 4.79 Å². The van der Waals surface area contributed by atoms with Crippen molar-refractivity contribution in [2.45, 2.75) is 46.4 Å². The van der Waals surface area contributed by atoms with Crippen molar-refractivity contribution in [2.24, 2.45) is 5.92 Å². The van der Waals surface area contributed by atoms with Gasteiger partial charge in [0, 0.05) is 5.56 Å². The number of hydrogen-bond acceptors (Lipinski definition) is 4. The molecule has 0 N–H and O–H groups in total. The quantitative estimate of drug-likeness (QED) is 0.724. The molecule has 29 heavy (non-hydrogen) atoms. The van der Waals surface area contributed by atoms with Gasteiger partial charge in [0.2, 0.25) is 0 Å². The van der Waals surface area contributed by atoms with Crippen LogP contribution in [0, 0.1) is 19.8 Å². The lowest BCUT2D eigenvalue weighted by Crippen LogP contribution is -2.41. The van der Waals surface area contributed by atoms with Crippen LogP contribution in [0.5, 0.6) is 5.75 Å². The Labute approximate surface area is 172 Å². The Hall–Kier alpha value is -2.37. The first-order valence-corrected chi connectivity index (χ1v) is 10.3. The van der Waals surface area contributed by atoms with Crippen LogP contribution in [-0.2, 0) is 26.6 Å². The van der Waals surface area contributed by atoms with Gasteiger partial charge in [-0.25, -0.2) is 0 Å². The standard InChI is InChI=1S/C24H29NO4/c1-16(2)9-10-27-20-7-5-19(6-8-20)15-25-22-18(4)13-17(3)14-21(22)24(23(25)26)28-11-12-29-24/h5-8,13-14,16H,9-12,15H2,1-4H3. The Bertz CT molecular complexity index is 898. The third-order valence-electron chi connectivity index (χ3n) is 5.52. The summed E-state index contributed by atoms with van der Waals surface area (Å²) in [6.45, 7) is 10.5. The number of nitrogens with zero attached hydrogens (tertiary/aromatic N) is 1. The first-order chi connectivity index (χ1) is 13.9. The van der Waals surface area contributed by atoms with Gasteiger partial charge in [-0.3, -0.25) is 4.79 Å². The fourth-order valence-electron chi connectivity index (χ4n) is 4.09. The van der Waals surface area contributed by atoms with Gasteiger partial charge in [-0.1, -0.05) is 37.6 Å². The minimum atomic E-state index is -1.29. The van der Waals surface area contributed by atoms with Crippen LogP contribution in [0.1, 0.15) is 42.5 Å². The number of ether oxygens (including phenoxy) is 3. The van der Waals surface area contributed by atoms with Crippen LogP contribution in [0.2, 0.25) is 0 Å². The molecular formula is C24H29NO4. The molecule has 0 unspecified atom stereocenters. The Balaban J connectivity index is 1.57. The van der Waals surface area contributed by atoms with Gasteiger partial charge >= 0.3 is 0 Å². The summed E-state index contributed by atoms with van der Waals surface area (Å²) in [6, 6.07) is 12.1. The van der Waals surface area contributed by atoms with Gasteiger partial charge in [0.25, 0.3) is 11.7 Å². The van der Waals surface area contributed by atoms with E-state index in [0.29, 0.717) is 32.3 Å². The molecule has 0 aromatic heterocycles. The van der Waals surface area contributed by atoms with Gasteiger partial charge in [-0.05, 0) is 55.5 Å². The van der Waals surface area contributed by atoms with E-state index < -0.39 is 5.79 Å². The molecule has 154 valence electrons. The number of fused-ring (bicyclic) bond motifs is 2. The lowest BCUT2D eigenvalue weighted by Gasteiger charge is -2.22. The van der Waals surface area contributed by atoms with Crippen LogP contribution in [0.4, 0.5) is 5.69 Å². The highest BCUT2D eigenvalue weighted by molar-refractivity contribution is 6.07. The second-order valence-electron chi connectivity index (χ2n) is 8.36. The lowest BCUT2D eigenvalue weighted by atomic mass is 10.0. The summed E-state index contributed by atoms with van der Waals surface area (Å²) in [7, 11) is 0. The second-order valence-corrected chi connectivity index (χ2v) is 8.36. The maximum absolute atomic E-state index is 13.4. The van der Waals surface area contributed by atoms with Crippen molar-refractivity contribution in [3.8, 4) is 5.75 Å². The van der Waals surface area contributed by atoms with E-state index >= 15 is 0 Å². The molecule has 2 aliphatic heterocycles. The molecule has 0 aliphatic carbocycles. The molecule has 1 amide bonds. The van der Waals surface area contributed by atoms with Gasteiger partial charge < -0.3 is 19.1 Å². The Kier molecular flexibility index (Phi) is 5.36. The van der Waals surface area contributed by atoms with Gasteiger partial charge in [0.05, 0.1) is 32.1 Å². The van der Waals surface area contributed by atoms with Crippen molar-refractivity contribution >= 4 is 11.6 Å². The molecule has 2 aromatic carbocycles. The molecule has 2 aliphatic rings. The number of rotatable bonds is 6. The third kappa shape index (κ3) is 3.65. The topological polar surface area (TPSA) is 48.0 Å². The largest absolute Gasteiger partial charge is 0.494 e. The number of carbonyl (C=O) groups is 1. The maximum Gasteiger partial charge on any atom is 0.292 e. The fourth-order valence-corrected chi connectivity index (χ4v) is 4.09. The zero-order valence-electron chi connectivity index (χ0n) is 17.7. The molecular weight excluding hydrogens is 366 g/mol. The number of benzene rings is 2. The number of aryl methyl sites for hydroxylation is 2. The predicted molar refractivity (Wildman–Crippen MR) is 112 cm³/mol. The second kappa shape index (κ2) is 7.81. The van der Waals surface area contributed by atoms with Gasteiger partial charge in [-0.15, -0.1) is 0 Å². The molecule has 0 bridgehead atoms. The van der Waals surface area contributed by atoms with Crippen LogP contribution < -0.4 is 9.64 Å². The van der Waals surface area contributed by atoms with Gasteiger partial charge in [-0.2, -0.15) is 0 Å². The third-order valence-corrected chi connectivity index (χ3v) is 5.52. The van der Waals surface area contributed by atoms with E-state index in [2.05, 4.69) is 19.9 Å². The summed E-state index contributed by atoms with van der Waals surface area (Å²) in [5, 5.41) is 0. The molecule has 4 rings (SSSR count). The normalized spacial score (nSPS) is 17.4. The molecule has 1 saturated heterocycles. The van der Waals surface area contributed by atoms with E-state index in [1.807, 2.05) is 44.2 Å². The first kappa shape index (κ1) is 19.9. The highest BCUT2D eigenvalue weighted by atomic mass is 16.7. The van der Waals surface area contributed by atoms with E-state index in [4.69, 9.17) is 14.2 Å². The van der Waals surface area contributed by atoms with Gasteiger partial charge in [0.15, 0.2) is 0 Å². The predicted octanol–water partition coefficient (Wildman–Crippen LogP) is 4.47. The molecule has 0 saturated carbocycles. The van der Waals surface area contributed by atoms with Crippen LogP contribution >= 0.6 is 0 Å². The van der Waals surface area contributed by atoms with Crippen LogP contribution in [-0.4, -0.2) is 25.7 Å². The Morgan fingerprint density at radius 2 is 1.79 bits per heavy atom. The zero-order chi connectivity index (χ0) is 20.6. The van der Waals surface area contributed by atoms with Crippen LogP contribution in [0.15, 0.2) is 36.4 Å². The van der Waals surface area contributed by atoms with E-state index in [-0.39, 0.29) is 5.91 Å². The number of carbonyl (C=O) groups excluding carboxylic acids is 1. The lowest BCUT2D eigenvalue weighted by molar-refractivity contribution is -0.180. The first-order valence-electron chi connectivity index (χ1n) is 10.3. The van der Waals surface area contributed by atoms with Gasteiger partial charge in [0.1, 0.15) is 5.75 Å². The van der Waals surface area contributed by atoms with Crippen molar-refractivity contribution in [1.29, 1.82) is 0 Å². The molecule has 0 radical (unpaired) electrons. The Morgan fingerprint density at radius 1 is 1.10 bits per heavy atom. The fraction of sp³-hybridized carbons (Fsp3) is 0.458. The zero-order valence-corrected chi connectivity index (χ0v) is 17.7. The summed E-state index contributed by atoms with van der Waals surface area (Å²) < 4.78 is 17.5. The summed E-state index contributed by atoms with van der Waals surface area (Å²) in [4.78, 5) is 15.2. The number of hydrogen-bond donors (Lipinski definition) is 0. The molecule has 2 aromatic rings. The molecule has 1 spiro atoms. The molecule has 5 nitrogen and oxygen atoms in total. The molecule has 0 atom stereocenters. The summed E-state index contributed by atoms with van der Waals surface area (Å²) in [5.74, 6) is 0.0467. The molecule has 2 heterocycles. The minimum Gasteiger partial charge on any atom is -0.494 e. The molecule has 1 fully saturated rings. The summed E-state index contributed by atoms with van der Waals surface area (Å²) >= 11 is 0. The van der Waals surface area contributed by atoms with E-state index in [0.717, 1.165) is 40.1 Å². The van der Waals surface area contributed by atoms with E-state index in [1.165, 1.54) is 0 Å². The molecule has 5 heteroatoms. The van der Waals surface area contributed by atoms with Crippen molar-refractivity contribution in [2.75, 3.05) is 24.7 Å². The average Bonchev–Trinajstić information content (AvgIpc) is 3.24. The Morgan fingerprint density at radius 3 is 2.45 bits per heavy atom. The summed E-state index contributed by atoms with van der Waals surface area (Å²) in [6.07, 6.45) is 1.03. The number of anilines is 1. The van der Waals surface area contributed by atoms with Crippen molar-refractivity contribution in [3.05, 3.63) is 58.7 Å². The van der Waals surface area contributed by atoms with Crippen molar-refractivity contribution < 1.29 is 19.0 Å². The SMILES string of the molecule is Cc1cc(C)c2c(c1)C1(OCCO1)C(=O)N2Cc1ccc(OCCC(C)C)cc1. The van der Waals surface area contributed by atoms with E-state index in [1.54, 1.807) is 4.90 Å². The monoisotopic (exact) mass is 395 g/mol. The smallest absolute Gasteiger partial charge is 0.292 e. The minimum absolute atomic E-state index is 0.143. The average molecular weight is 395 g/mol. The van der Waals surface area contributed by atoms with Crippen LogP contribution in [0.3, 0.4) is 0 Å².